The molecule has 0 saturated heterocycles. The largest absolute Gasteiger partial charge is 0.393 e. The Morgan fingerprint density at radius 3 is 2.23 bits per heavy atom. The Bertz CT molecular complexity index is 644. The highest BCUT2D eigenvalue weighted by Crippen LogP contribution is 2.68. The number of hydrogen-bond acceptors (Lipinski definition) is 4. The topological polar surface area (TPSA) is 80.9 Å². The fraction of sp³-hybridized carbons (Fsp3) is 1.00. The van der Waals surface area contributed by atoms with Gasteiger partial charge in [0, 0.05) is 0 Å². The van der Waals surface area contributed by atoms with Crippen LogP contribution in [0, 0.1) is 46.3 Å². The number of aliphatic hydroxyl groups is 4. The van der Waals surface area contributed by atoms with Crippen LogP contribution in [0.3, 0.4) is 0 Å². The lowest BCUT2D eigenvalue weighted by molar-refractivity contribution is -0.174. The Labute approximate surface area is 189 Å². The molecular formula is C27H48O4. The lowest BCUT2D eigenvalue weighted by Gasteiger charge is -2.62. The van der Waals surface area contributed by atoms with Gasteiger partial charge in [-0.3, -0.25) is 0 Å². The molecule has 4 nitrogen and oxygen atoms in total. The summed E-state index contributed by atoms with van der Waals surface area (Å²) in [6, 6.07) is 0. The van der Waals surface area contributed by atoms with E-state index in [1.165, 1.54) is 25.7 Å². The number of fused-ring (bicyclic) bond motifs is 5. The molecule has 4 rings (SSSR count). The molecule has 4 fully saturated rings. The van der Waals surface area contributed by atoms with Crippen molar-refractivity contribution < 1.29 is 20.4 Å². The Balaban J connectivity index is 1.49. The van der Waals surface area contributed by atoms with E-state index in [4.69, 9.17) is 0 Å². The van der Waals surface area contributed by atoms with Crippen LogP contribution in [0.25, 0.3) is 0 Å². The normalized spacial score (nSPS) is 49.6. The van der Waals surface area contributed by atoms with Gasteiger partial charge in [-0.1, -0.05) is 20.8 Å². The minimum atomic E-state index is -1.04. The van der Waals surface area contributed by atoms with Gasteiger partial charge in [0.15, 0.2) is 0 Å². The molecule has 4 heteroatoms. The molecule has 0 aromatic heterocycles. The summed E-state index contributed by atoms with van der Waals surface area (Å²) in [4.78, 5) is 0. The highest BCUT2D eigenvalue weighted by Gasteiger charge is 2.62. The van der Waals surface area contributed by atoms with Crippen molar-refractivity contribution in [3.63, 3.8) is 0 Å². The summed E-state index contributed by atoms with van der Waals surface area (Å²) in [5.41, 5.74) is -0.477. The number of rotatable bonds is 5. The SMILES string of the molecule is C[C@H](CCC(O)C(C)(C)O)[C@H]1CC[C@H]2[C@@H]3[C@H](O)C[C@@H]4C[C@H](O)CC[C@]4(C)[C@H]3CC[C@]12C. The average molecular weight is 437 g/mol. The molecule has 11 atom stereocenters. The minimum absolute atomic E-state index is 0.174. The van der Waals surface area contributed by atoms with E-state index in [9.17, 15) is 20.4 Å². The zero-order valence-corrected chi connectivity index (χ0v) is 20.6. The standard InChI is InChI=1S/C27H48O4/c1-16(6-9-23(30)25(2,3)31)19-7-8-20-24-21(11-13-27(19,20)5)26(4)12-10-18(28)14-17(26)15-22(24)29/h16-24,28-31H,6-15H2,1-5H3/t16-,17+,18-,19-,20+,21+,22-,23?,24+,26+,27-/m1/s1. The lowest BCUT2D eigenvalue weighted by Crippen LogP contribution is -2.58. The molecule has 0 aromatic carbocycles. The molecule has 0 bridgehead atoms. The predicted octanol–water partition coefficient (Wildman–Crippen LogP) is 4.53. The maximum atomic E-state index is 11.4. The van der Waals surface area contributed by atoms with Crippen molar-refractivity contribution in [1.82, 2.24) is 0 Å². The Kier molecular flexibility index (Phi) is 6.38. The van der Waals surface area contributed by atoms with Gasteiger partial charge in [-0.15, -0.1) is 0 Å². The van der Waals surface area contributed by atoms with E-state index in [2.05, 4.69) is 20.8 Å². The quantitative estimate of drug-likeness (QED) is 0.511. The van der Waals surface area contributed by atoms with Crippen molar-refractivity contribution >= 4 is 0 Å². The van der Waals surface area contributed by atoms with Gasteiger partial charge >= 0.3 is 0 Å². The van der Waals surface area contributed by atoms with Gasteiger partial charge in [0.1, 0.15) is 0 Å². The second-order valence-corrected chi connectivity index (χ2v) is 13.2. The molecule has 0 amide bonds. The van der Waals surface area contributed by atoms with Gasteiger partial charge in [-0.2, -0.15) is 0 Å². The van der Waals surface area contributed by atoms with Gasteiger partial charge in [-0.05, 0) is 124 Å². The first-order valence-corrected chi connectivity index (χ1v) is 13.1. The molecule has 0 aromatic rings. The van der Waals surface area contributed by atoms with E-state index in [0.717, 1.165) is 32.1 Å². The Morgan fingerprint density at radius 1 is 0.903 bits per heavy atom. The molecule has 4 N–H and O–H groups in total. The van der Waals surface area contributed by atoms with Crippen molar-refractivity contribution in [2.24, 2.45) is 46.3 Å². The third-order valence-corrected chi connectivity index (χ3v) is 11.1. The molecule has 0 spiro atoms. The first-order valence-electron chi connectivity index (χ1n) is 13.1. The van der Waals surface area contributed by atoms with E-state index in [0.29, 0.717) is 41.9 Å². The minimum Gasteiger partial charge on any atom is -0.393 e. The third-order valence-electron chi connectivity index (χ3n) is 11.1. The van der Waals surface area contributed by atoms with Crippen LogP contribution in [-0.2, 0) is 0 Å². The van der Waals surface area contributed by atoms with Crippen LogP contribution < -0.4 is 0 Å². The maximum absolute atomic E-state index is 11.4. The van der Waals surface area contributed by atoms with Crippen LogP contribution in [0.15, 0.2) is 0 Å². The highest BCUT2D eigenvalue weighted by molar-refractivity contribution is 5.11. The van der Waals surface area contributed by atoms with Crippen molar-refractivity contribution in [3.8, 4) is 0 Å². The second-order valence-electron chi connectivity index (χ2n) is 13.2. The van der Waals surface area contributed by atoms with Crippen molar-refractivity contribution in [3.05, 3.63) is 0 Å². The van der Waals surface area contributed by atoms with Crippen LogP contribution in [0.4, 0.5) is 0 Å². The van der Waals surface area contributed by atoms with Crippen LogP contribution in [-0.4, -0.2) is 44.3 Å². The van der Waals surface area contributed by atoms with E-state index in [-0.39, 0.29) is 23.0 Å². The molecular weight excluding hydrogens is 388 g/mol. The van der Waals surface area contributed by atoms with Gasteiger partial charge in [0.05, 0.1) is 23.9 Å². The fourth-order valence-electron chi connectivity index (χ4n) is 9.15. The van der Waals surface area contributed by atoms with Crippen molar-refractivity contribution in [2.75, 3.05) is 0 Å². The highest BCUT2D eigenvalue weighted by atomic mass is 16.3. The third kappa shape index (κ3) is 4.02. The smallest absolute Gasteiger partial charge is 0.0849 e. The summed E-state index contributed by atoms with van der Waals surface area (Å²) in [5.74, 6) is 3.23. The molecule has 0 radical (unpaired) electrons. The molecule has 0 heterocycles. The summed E-state index contributed by atoms with van der Waals surface area (Å²) < 4.78 is 0. The van der Waals surface area contributed by atoms with Gasteiger partial charge in [-0.25, -0.2) is 0 Å². The van der Waals surface area contributed by atoms with Crippen LogP contribution >= 0.6 is 0 Å². The maximum Gasteiger partial charge on any atom is 0.0849 e. The van der Waals surface area contributed by atoms with Gasteiger partial charge in [0.2, 0.25) is 0 Å². The summed E-state index contributed by atoms with van der Waals surface area (Å²) >= 11 is 0. The van der Waals surface area contributed by atoms with E-state index >= 15 is 0 Å². The van der Waals surface area contributed by atoms with Crippen LogP contribution in [0.2, 0.25) is 0 Å². The van der Waals surface area contributed by atoms with Crippen molar-refractivity contribution in [1.29, 1.82) is 0 Å². The molecule has 1 unspecified atom stereocenters. The molecule has 4 aliphatic carbocycles. The molecule has 0 aliphatic heterocycles. The Hall–Kier alpha value is -0.160. The second kappa shape index (κ2) is 8.25. The molecule has 4 aliphatic rings. The Morgan fingerprint density at radius 2 is 1.55 bits per heavy atom. The zero-order chi connectivity index (χ0) is 22.8. The summed E-state index contributed by atoms with van der Waals surface area (Å²) in [5, 5.41) is 42.0. The molecule has 180 valence electrons. The fourth-order valence-corrected chi connectivity index (χ4v) is 9.15. The molecule has 31 heavy (non-hydrogen) atoms. The van der Waals surface area contributed by atoms with E-state index in [1.54, 1.807) is 13.8 Å². The zero-order valence-electron chi connectivity index (χ0n) is 20.6. The van der Waals surface area contributed by atoms with E-state index < -0.39 is 11.7 Å². The van der Waals surface area contributed by atoms with Crippen molar-refractivity contribution in [2.45, 2.75) is 123 Å². The van der Waals surface area contributed by atoms with Gasteiger partial charge in [0.25, 0.3) is 0 Å². The first-order chi connectivity index (χ1) is 14.4. The lowest BCUT2D eigenvalue weighted by atomic mass is 9.43. The average Bonchev–Trinajstić information content (AvgIpc) is 3.03. The predicted molar refractivity (Wildman–Crippen MR) is 123 cm³/mol. The first kappa shape index (κ1) is 24.0. The monoisotopic (exact) mass is 436 g/mol. The summed E-state index contributed by atoms with van der Waals surface area (Å²) in [6.07, 6.45) is 9.25. The summed E-state index contributed by atoms with van der Waals surface area (Å²) in [6.45, 7) is 10.7. The van der Waals surface area contributed by atoms with E-state index in [1.807, 2.05) is 0 Å². The number of aliphatic hydroxyl groups excluding tert-OH is 3. The van der Waals surface area contributed by atoms with Crippen LogP contribution in [0.1, 0.15) is 98.8 Å². The number of hydrogen-bond donors (Lipinski definition) is 4. The van der Waals surface area contributed by atoms with Gasteiger partial charge < -0.3 is 20.4 Å². The molecule has 4 saturated carbocycles. The summed E-state index contributed by atoms with van der Waals surface area (Å²) in [7, 11) is 0. The van der Waals surface area contributed by atoms with Crippen LogP contribution in [0.5, 0.6) is 0 Å².